The number of nitrogens with zero attached hydrogens (tertiary/aromatic N) is 1. The highest BCUT2D eigenvalue weighted by Gasteiger charge is 2.30. The summed E-state index contributed by atoms with van der Waals surface area (Å²) >= 11 is 0. The summed E-state index contributed by atoms with van der Waals surface area (Å²) < 4.78 is 19.4. The van der Waals surface area contributed by atoms with E-state index in [0.29, 0.717) is 24.7 Å². The molecule has 0 bridgehead atoms. The van der Waals surface area contributed by atoms with Crippen molar-refractivity contribution in [3.05, 3.63) is 59.3 Å². The van der Waals surface area contributed by atoms with Gasteiger partial charge in [-0.05, 0) is 37.1 Å². The number of carbonyl (C=O) groups is 1. The van der Waals surface area contributed by atoms with Gasteiger partial charge in [0.25, 0.3) is 0 Å². The van der Waals surface area contributed by atoms with Crippen LogP contribution in [0.2, 0.25) is 0 Å². The van der Waals surface area contributed by atoms with Crippen LogP contribution in [0.4, 0.5) is 4.39 Å². The molecule has 0 aliphatic heterocycles. The third-order valence-electron chi connectivity index (χ3n) is 3.68. The standard InChI is InChI=1S/C16H16FNO3/c17-15-8-11(16(19)20)3-4-12(15)9-18(13-5-6-13)10-14-2-1-7-21-14/h1-4,7-8,13H,5-6,9-10H2,(H,19,20). The first kappa shape index (κ1) is 13.8. The van der Waals surface area contributed by atoms with Crippen LogP contribution in [-0.4, -0.2) is 22.0 Å². The van der Waals surface area contributed by atoms with Crippen LogP contribution in [0.25, 0.3) is 0 Å². The molecule has 110 valence electrons. The Morgan fingerprint density at radius 3 is 2.71 bits per heavy atom. The van der Waals surface area contributed by atoms with Crippen LogP contribution in [0.15, 0.2) is 41.0 Å². The lowest BCUT2D eigenvalue weighted by molar-refractivity contribution is 0.0696. The molecule has 2 aromatic rings. The van der Waals surface area contributed by atoms with Gasteiger partial charge in [0, 0.05) is 18.2 Å². The van der Waals surface area contributed by atoms with Crippen LogP contribution >= 0.6 is 0 Å². The maximum atomic E-state index is 14.0. The van der Waals surface area contributed by atoms with E-state index in [9.17, 15) is 9.18 Å². The molecular weight excluding hydrogens is 273 g/mol. The van der Waals surface area contributed by atoms with Crippen molar-refractivity contribution in [2.24, 2.45) is 0 Å². The van der Waals surface area contributed by atoms with Crippen LogP contribution in [0.3, 0.4) is 0 Å². The summed E-state index contributed by atoms with van der Waals surface area (Å²) in [4.78, 5) is 13.0. The first-order chi connectivity index (χ1) is 10.1. The molecule has 0 spiro atoms. The van der Waals surface area contributed by atoms with Gasteiger partial charge in [-0.2, -0.15) is 0 Å². The quantitative estimate of drug-likeness (QED) is 0.886. The minimum atomic E-state index is -1.12. The van der Waals surface area contributed by atoms with E-state index < -0.39 is 11.8 Å². The van der Waals surface area contributed by atoms with Gasteiger partial charge in [-0.25, -0.2) is 9.18 Å². The first-order valence-electron chi connectivity index (χ1n) is 6.91. The molecule has 3 rings (SSSR count). The largest absolute Gasteiger partial charge is 0.478 e. The predicted molar refractivity (Wildman–Crippen MR) is 74.3 cm³/mol. The summed E-state index contributed by atoms with van der Waals surface area (Å²) in [7, 11) is 0. The van der Waals surface area contributed by atoms with E-state index >= 15 is 0 Å². The van der Waals surface area contributed by atoms with E-state index in [1.165, 1.54) is 6.07 Å². The van der Waals surface area contributed by atoms with Crippen molar-refractivity contribution in [3.63, 3.8) is 0 Å². The van der Waals surface area contributed by atoms with Crippen LogP contribution < -0.4 is 0 Å². The zero-order valence-electron chi connectivity index (χ0n) is 11.5. The molecule has 1 heterocycles. The molecule has 0 saturated heterocycles. The van der Waals surface area contributed by atoms with Crippen molar-refractivity contribution < 1.29 is 18.7 Å². The summed E-state index contributed by atoms with van der Waals surface area (Å²) in [6.45, 7) is 1.09. The Balaban J connectivity index is 1.75. The second-order valence-corrected chi connectivity index (χ2v) is 5.33. The molecule has 1 aromatic carbocycles. The molecule has 1 fully saturated rings. The smallest absolute Gasteiger partial charge is 0.335 e. The Kier molecular flexibility index (Phi) is 3.75. The van der Waals surface area contributed by atoms with Gasteiger partial charge in [0.1, 0.15) is 11.6 Å². The molecule has 5 heteroatoms. The molecule has 0 unspecified atom stereocenters. The lowest BCUT2D eigenvalue weighted by Gasteiger charge is -2.21. The summed E-state index contributed by atoms with van der Waals surface area (Å²) in [6.07, 6.45) is 3.84. The lowest BCUT2D eigenvalue weighted by Crippen LogP contribution is -2.25. The minimum absolute atomic E-state index is 0.0275. The Labute approximate surface area is 121 Å². The van der Waals surface area contributed by atoms with E-state index in [4.69, 9.17) is 9.52 Å². The van der Waals surface area contributed by atoms with Gasteiger partial charge in [0.2, 0.25) is 0 Å². The third-order valence-corrected chi connectivity index (χ3v) is 3.68. The molecule has 21 heavy (non-hydrogen) atoms. The van der Waals surface area contributed by atoms with E-state index in [1.54, 1.807) is 12.3 Å². The Morgan fingerprint density at radius 2 is 2.14 bits per heavy atom. The number of carboxylic acids is 1. The zero-order chi connectivity index (χ0) is 14.8. The predicted octanol–water partition coefficient (Wildman–Crippen LogP) is 3.28. The molecule has 0 atom stereocenters. The fourth-order valence-electron chi connectivity index (χ4n) is 2.38. The SMILES string of the molecule is O=C(O)c1ccc(CN(Cc2ccco2)C2CC2)c(F)c1. The van der Waals surface area contributed by atoms with E-state index in [1.807, 2.05) is 12.1 Å². The van der Waals surface area contributed by atoms with Crippen molar-refractivity contribution in [3.8, 4) is 0 Å². The number of halogens is 1. The summed E-state index contributed by atoms with van der Waals surface area (Å²) in [5, 5.41) is 8.86. The van der Waals surface area contributed by atoms with Crippen LogP contribution in [0.5, 0.6) is 0 Å². The lowest BCUT2D eigenvalue weighted by atomic mass is 10.1. The first-order valence-corrected chi connectivity index (χ1v) is 6.91. The van der Waals surface area contributed by atoms with Gasteiger partial charge in [0.05, 0.1) is 18.4 Å². The van der Waals surface area contributed by atoms with Crippen molar-refractivity contribution in [1.82, 2.24) is 4.90 Å². The molecule has 1 aromatic heterocycles. The second kappa shape index (κ2) is 5.69. The number of furan rings is 1. The highest BCUT2D eigenvalue weighted by atomic mass is 19.1. The van der Waals surface area contributed by atoms with Gasteiger partial charge in [-0.15, -0.1) is 0 Å². The minimum Gasteiger partial charge on any atom is -0.478 e. The molecule has 4 nitrogen and oxygen atoms in total. The Hall–Kier alpha value is -2.14. The van der Waals surface area contributed by atoms with Gasteiger partial charge in [-0.3, -0.25) is 4.90 Å². The number of hydrogen-bond acceptors (Lipinski definition) is 3. The molecule has 1 aliphatic rings. The van der Waals surface area contributed by atoms with E-state index in [0.717, 1.165) is 24.7 Å². The van der Waals surface area contributed by atoms with Gasteiger partial charge in [-0.1, -0.05) is 6.07 Å². The van der Waals surface area contributed by atoms with Gasteiger partial charge in [0.15, 0.2) is 0 Å². The van der Waals surface area contributed by atoms with Crippen LogP contribution in [-0.2, 0) is 13.1 Å². The Morgan fingerprint density at radius 1 is 1.33 bits per heavy atom. The second-order valence-electron chi connectivity index (χ2n) is 5.33. The van der Waals surface area contributed by atoms with E-state index in [2.05, 4.69) is 4.90 Å². The number of hydrogen-bond donors (Lipinski definition) is 1. The average molecular weight is 289 g/mol. The molecule has 1 saturated carbocycles. The highest BCUT2D eigenvalue weighted by molar-refractivity contribution is 5.87. The zero-order valence-corrected chi connectivity index (χ0v) is 11.5. The molecular formula is C16H16FNO3. The van der Waals surface area contributed by atoms with Crippen molar-refractivity contribution in [2.75, 3.05) is 0 Å². The number of rotatable bonds is 6. The molecule has 1 aliphatic carbocycles. The molecule has 1 N–H and O–H groups in total. The number of aromatic carboxylic acids is 1. The van der Waals surface area contributed by atoms with Gasteiger partial charge >= 0.3 is 5.97 Å². The third kappa shape index (κ3) is 3.31. The Bertz CT molecular complexity index is 635. The van der Waals surface area contributed by atoms with Crippen molar-refractivity contribution in [2.45, 2.75) is 32.0 Å². The fourth-order valence-corrected chi connectivity index (χ4v) is 2.38. The number of carboxylic acid groups (broad SMARTS) is 1. The molecule has 0 radical (unpaired) electrons. The maximum absolute atomic E-state index is 14.0. The fraction of sp³-hybridized carbons (Fsp3) is 0.312. The summed E-state index contributed by atoms with van der Waals surface area (Å²) in [6, 6.07) is 8.26. The van der Waals surface area contributed by atoms with Crippen LogP contribution in [0.1, 0.15) is 34.5 Å². The average Bonchev–Trinajstić information content (AvgIpc) is 3.18. The van der Waals surface area contributed by atoms with E-state index in [-0.39, 0.29) is 5.56 Å². The topological polar surface area (TPSA) is 53.7 Å². The maximum Gasteiger partial charge on any atom is 0.335 e. The number of benzene rings is 1. The normalized spacial score (nSPS) is 14.6. The van der Waals surface area contributed by atoms with Gasteiger partial charge < -0.3 is 9.52 Å². The summed E-state index contributed by atoms with van der Waals surface area (Å²) in [5.41, 5.74) is 0.485. The summed E-state index contributed by atoms with van der Waals surface area (Å²) in [5.74, 6) is -0.737. The molecule has 0 amide bonds. The van der Waals surface area contributed by atoms with Crippen molar-refractivity contribution in [1.29, 1.82) is 0 Å². The van der Waals surface area contributed by atoms with Crippen LogP contribution in [0, 0.1) is 5.82 Å². The highest BCUT2D eigenvalue weighted by Crippen LogP contribution is 2.30. The monoisotopic (exact) mass is 289 g/mol. The van der Waals surface area contributed by atoms with Crippen molar-refractivity contribution >= 4 is 5.97 Å².